The fraction of sp³-hybridized carbons (Fsp3) is 0.320. The predicted octanol–water partition coefficient (Wildman–Crippen LogP) is 1.57. The molecule has 6 heteroatoms. The van der Waals surface area contributed by atoms with E-state index in [4.69, 9.17) is 0 Å². The van der Waals surface area contributed by atoms with Crippen LogP contribution in [0.25, 0.3) is 0 Å². The van der Waals surface area contributed by atoms with Crippen molar-refractivity contribution in [3.8, 4) is 0 Å². The van der Waals surface area contributed by atoms with E-state index in [1.54, 1.807) is 4.90 Å². The quantitative estimate of drug-likeness (QED) is 0.607. The first-order chi connectivity index (χ1) is 14.9. The van der Waals surface area contributed by atoms with Gasteiger partial charge >= 0.3 is 0 Å². The highest BCUT2D eigenvalue weighted by atomic mass is 16.2. The highest BCUT2D eigenvalue weighted by molar-refractivity contribution is 6.14. The molecule has 2 fully saturated rings. The molecule has 0 saturated carbocycles. The maximum Gasteiger partial charge on any atom is 0.294 e. The number of amides is 3. The van der Waals surface area contributed by atoms with E-state index in [1.165, 1.54) is 4.90 Å². The highest BCUT2D eigenvalue weighted by Crippen LogP contribution is 2.51. The Morgan fingerprint density at radius 1 is 1.00 bits per heavy atom. The number of quaternary nitrogens is 1. The van der Waals surface area contributed by atoms with Gasteiger partial charge in [0.1, 0.15) is 11.8 Å². The van der Waals surface area contributed by atoms with Crippen molar-refractivity contribution in [2.75, 3.05) is 11.4 Å². The second kappa shape index (κ2) is 6.89. The molecule has 0 aromatic heterocycles. The van der Waals surface area contributed by atoms with Crippen molar-refractivity contribution in [1.29, 1.82) is 0 Å². The van der Waals surface area contributed by atoms with Crippen LogP contribution in [0.1, 0.15) is 25.0 Å². The van der Waals surface area contributed by atoms with Crippen LogP contribution in [0.15, 0.2) is 66.7 Å². The van der Waals surface area contributed by atoms with E-state index in [1.807, 2.05) is 73.8 Å². The smallest absolute Gasteiger partial charge is 0.294 e. The minimum atomic E-state index is -1.10. The van der Waals surface area contributed by atoms with E-state index in [0.717, 1.165) is 22.4 Å². The highest BCUT2D eigenvalue weighted by Gasteiger charge is 2.74. The van der Waals surface area contributed by atoms with Crippen molar-refractivity contribution in [3.63, 3.8) is 0 Å². The number of hydrogen-bond acceptors (Lipinski definition) is 3. The van der Waals surface area contributed by atoms with Crippen LogP contribution < -0.4 is 10.2 Å². The number of imide groups is 1. The topological polar surface area (TPSA) is 74.3 Å². The summed E-state index contributed by atoms with van der Waals surface area (Å²) >= 11 is 0. The summed E-state index contributed by atoms with van der Waals surface area (Å²) in [6.45, 7) is 8.44. The van der Waals surface area contributed by atoms with Crippen molar-refractivity contribution in [3.05, 3.63) is 77.9 Å². The van der Waals surface area contributed by atoms with E-state index in [2.05, 4.69) is 6.58 Å². The van der Waals surface area contributed by atoms with Crippen LogP contribution in [0.5, 0.6) is 0 Å². The Kier molecular flexibility index (Phi) is 4.38. The molecule has 3 heterocycles. The van der Waals surface area contributed by atoms with Crippen LogP contribution in [0.2, 0.25) is 0 Å². The van der Waals surface area contributed by atoms with Gasteiger partial charge < -0.3 is 10.2 Å². The molecule has 0 bridgehead atoms. The van der Waals surface area contributed by atoms with E-state index in [0.29, 0.717) is 6.54 Å². The molecule has 158 valence electrons. The lowest BCUT2D eigenvalue weighted by Gasteiger charge is -2.27. The van der Waals surface area contributed by atoms with E-state index in [9.17, 15) is 14.4 Å². The molecular formula is C25H26N3O3+. The molecule has 5 rings (SSSR count). The summed E-state index contributed by atoms with van der Waals surface area (Å²) in [4.78, 5) is 44.0. The molecule has 3 aliphatic heterocycles. The van der Waals surface area contributed by atoms with Gasteiger partial charge in [-0.25, -0.2) is 0 Å². The van der Waals surface area contributed by atoms with Crippen LogP contribution in [0.4, 0.5) is 5.69 Å². The van der Waals surface area contributed by atoms with Crippen LogP contribution in [-0.4, -0.2) is 35.2 Å². The van der Waals surface area contributed by atoms with Crippen molar-refractivity contribution in [1.82, 2.24) is 4.90 Å². The van der Waals surface area contributed by atoms with Gasteiger partial charge in [0.15, 0.2) is 0 Å². The number of hydrogen-bond donors (Lipinski definition) is 1. The summed E-state index contributed by atoms with van der Waals surface area (Å²) in [5.74, 6) is -1.78. The van der Waals surface area contributed by atoms with Crippen molar-refractivity contribution >= 4 is 23.4 Å². The zero-order chi connectivity index (χ0) is 21.9. The van der Waals surface area contributed by atoms with Gasteiger partial charge in [0.2, 0.25) is 17.4 Å². The number of carbonyl (C=O) groups excluding carboxylic acids is 3. The Bertz CT molecular complexity index is 1110. The summed E-state index contributed by atoms with van der Waals surface area (Å²) in [6.07, 6.45) is 0. The number of fused-ring (bicyclic) bond motifs is 4. The summed E-state index contributed by atoms with van der Waals surface area (Å²) in [7, 11) is 0. The third-order valence-corrected chi connectivity index (χ3v) is 6.88. The largest absolute Gasteiger partial charge is 0.326 e. The molecule has 6 nitrogen and oxygen atoms in total. The van der Waals surface area contributed by atoms with Gasteiger partial charge in [-0.2, -0.15) is 0 Å². The number of likely N-dealkylation sites (tertiary alicyclic amines) is 1. The van der Waals surface area contributed by atoms with Gasteiger partial charge in [-0.05, 0) is 25.5 Å². The van der Waals surface area contributed by atoms with Crippen molar-refractivity contribution < 1.29 is 19.7 Å². The molecule has 2 saturated heterocycles. The molecular weight excluding hydrogens is 390 g/mol. The summed E-state index contributed by atoms with van der Waals surface area (Å²) < 4.78 is 0. The normalized spacial score (nSPS) is 29.1. The average molecular weight is 417 g/mol. The molecule has 2 N–H and O–H groups in total. The lowest BCUT2D eigenvalue weighted by atomic mass is 9.76. The Morgan fingerprint density at radius 2 is 1.68 bits per heavy atom. The Hall–Kier alpha value is -3.25. The minimum absolute atomic E-state index is 0.126. The fourth-order valence-corrected chi connectivity index (χ4v) is 5.70. The Morgan fingerprint density at radius 3 is 2.39 bits per heavy atom. The maximum absolute atomic E-state index is 13.9. The molecule has 3 aliphatic rings. The predicted molar refractivity (Wildman–Crippen MR) is 116 cm³/mol. The molecule has 2 aromatic carbocycles. The lowest BCUT2D eigenvalue weighted by Crippen LogP contribution is -2.98. The SMILES string of the molecule is C=C(C)CN1C(=O)[C@]2([NH2+][C@@H](C)[C@@H]3C(=O)N(Cc4ccccc4)C(=O)[C@H]32)c2ccccc21. The molecule has 3 amide bonds. The van der Waals surface area contributed by atoms with E-state index >= 15 is 0 Å². The van der Waals surface area contributed by atoms with Crippen LogP contribution >= 0.6 is 0 Å². The number of rotatable bonds is 4. The van der Waals surface area contributed by atoms with Gasteiger partial charge in [0.05, 0.1) is 18.3 Å². The van der Waals surface area contributed by atoms with Crippen LogP contribution in [0.3, 0.4) is 0 Å². The number of para-hydroxylation sites is 1. The number of carbonyl (C=O) groups is 3. The van der Waals surface area contributed by atoms with Gasteiger partial charge in [-0.15, -0.1) is 0 Å². The fourth-order valence-electron chi connectivity index (χ4n) is 5.70. The van der Waals surface area contributed by atoms with Gasteiger partial charge in [0.25, 0.3) is 5.91 Å². The first-order valence-electron chi connectivity index (χ1n) is 10.7. The van der Waals surface area contributed by atoms with Crippen molar-refractivity contribution in [2.24, 2.45) is 11.8 Å². The molecule has 1 spiro atoms. The standard InChI is InChI=1S/C25H25N3O3/c1-15(2)13-27-19-12-8-7-11-18(19)25(24(27)31)21-20(16(3)26-25)22(29)28(23(21)30)14-17-9-5-4-6-10-17/h4-12,16,20-21,26H,1,13-14H2,2-3H3/p+1/t16-,20-,21-,25-/m0/s1. The first-order valence-corrected chi connectivity index (χ1v) is 10.7. The minimum Gasteiger partial charge on any atom is -0.326 e. The number of nitrogens with zero attached hydrogens (tertiary/aromatic N) is 2. The zero-order valence-electron chi connectivity index (χ0n) is 17.7. The van der Waals surface area contributed by atoms with E-state index in [-0.39, 0.29) is 30.3 Å². The zero-order valence-corrected chi connectivity index (χ0v) is 17.7. The lowest BCUT2D eigenvalue weighted by molar-refractivity contribution is -0.730. The molecule has 2 aromatic rings. The van der Waals surface area contributed by atoms with Gasteiger partial charge in [0, 0.05) is 12.1 Å². The summed E-state index contributed by atoms with van der Waals surface area (Å²) in [5.41, 5.74) is 2.29. The second-order valence-electron chi connectivity index (χ2n) is 9.01. The van der Waals surface area contributed by atoms with Gasteiger partial charge in [-0.3, -0.25) is 19.3 Å². The van der Waals surface area contributed by atoms with Crippen molar-refractivity contribution in [2.45, 2.75) is 32.0 Å². The molecule has 4 atom stereocenters. The summed E-state index contributed by atoms with van der Waals surface area (Å²) in [5, 5.41) is 1.96. The summed E-state index contributed by atoms with van der Waals surface area (Å²) in [6, 6.07) is 17.0. The molecule has 31 heavy (non-hydrogen) atoms. The third kappa shape index (κ3) is 2.64. The first kappa shape index (κ1) is 19.7. The average Bonchev–Trinajstić information content (AvgIpc) is 3.29. The third-order valence-electron chi connectivity index (χ3n) is 6.88. The van der Waals surface area contributed by atoms with E-state index < -0.39 is 17.4 Å². The van der Waals surface area contributed by atoms with Gasteiger partial charge in [-0.1, -0.05) is 60.7 Å². The Labute approximate surface area is 181 Å². The molecule has 0 unspecified atom stereocenters. The Balaban J connectivity index is 1.60. The van der Waals surface area contributed by atoms with Crippen LogP contribution in [0, 0.1) is 11.8 Å². The van der Waals surface area contributed by atoms with Crippen LogP contribution in [-0.2, 0) is 26.5 Å². The number of benzene rings is 2. The molecule has 0 radical (unpaired) electrons. The second-order valence-corrected chi connectivity index (χ2v) is 9.01. The number of nitrogens with two attached hydrogens (primary N) is 1. The molecule has 0 aliphatic carbocycles. The monoisotopic (exact) mass is 416 g/mol. The number of anilines is 1. The maximum atomic E-state index is 13.9.